The molecule has 0 bridgehead atoms. The third-order valence-corrected chi connectivity index (χ3v) is 6.43. The fraction of sp³-hybridized carbons (Fsp3) is 0.0417. The molecule has 7 nitrogen and oxygen atoms in total. The van der Waals surface area contributed by atoms with Crippen LogP contribution in [0.5, 0.6) is 0 Å². The molecule has 0 unspecified atom stereocenters. The van der Waals surface area contributed by atoms with Crippen LogP contribution in [-0.4, -0.2) is 32.6 Å². The number of amides is 1. The highest BCUT2D eigenvalue weighted by atomic mass is 79.9. The zero-order valence-corrected chi connectivity index (χ0v) is 19.5. The van der Waals surface area contributed by atoms with E-state index in [-0.39, 0.29) is 11.5 Å². The molecule has 1 aliphatic heterocycles. The Labute approximate surface area is 201 Å². The molecule has 162 valence electrons. The molecule has 3 aromatic carbocycles. The lowest BCUT2D eigenvalue weighted by Crippen LogP contribution is -2.29. The Kier molecular flexibility index (Phi) is 5.89. The summed E-state index contributed by atoms with van der Waals surface area (Å²) in [7, 11) is 0. The van der Waals surface area contributed by atoms with Crippen LogP contribution in [0.2, 0.25) is 0 Å². The highest BCUT2D eigenvalue weighted by molar-refractivity contribution is 9.10. The molecule has 1 saturated heterocycles. The second kappa shape index (κ2) is 9.13. The molecular formula is C24H16BrN5O2S. The van der Waals surface area contributed by atoms with Crippen LogP contribution in [-0.2, 0) is 4.79 Å². The summed E-state index contributed by atoms with van der Waals surface area (Å²) in [5.41, 5.74) is 1.76. The van der Waals surface area contributed by atoms with Crippen molar-refractivity contribution in [1.82, 2.24) is 9.55 Å². The summed E-state index contributed by atoms with van der Waals surface area (Å²) < 4.78 is 2.40. The van der Waals surface area contributed by atoms with Gasteiger partial charge in [0.2, 0.25) is 5.91 Å². The first-order valence-corrected chi connectivity index (χ1v) is 11.8. The van der Waals surface area contributed by atoms with Gasteiger partial charge in [0, 0.05) is 4.47 Å². The first-order chi connectivity index (χ1) is 16.1. The van der Waals surface area contributed by atoms with Gasteiger partial charge in [-0.25, -0.2) is 4.98 Å². The number of carbonyl (C=O) groups is 1. The number of halogens is 1. The van der Waals surface area contributed by atoms with Crippen LogP contribution >= 0.6 is 27.7 Å². The summed E-state index contributed by atoms with van der Waals surface area (Å²) in [5.74, 6) is 0.572. The van der Waals surface area contributed by atoms with E-state index in [1.54, 1.807) is 12.1 Å². The minimum Gasteiger partial charge on any atom is -0.273 e. The maximum atomic E-state index is 13.3. The Hall–Kier alpha value is -3.56. The molecule has 1 fully saturated rings. The summed E-state index contributed by atoms with van der Waals surface area (Å²) >= 11 is 4.74. The van der Waals surface area contributed by atoms with E-state index < -0.39 is 0 Å². The number of aromatic nitrogens is 2. The Balaban J connectivity index is 1.58. The molecule has 0 radical (unpaired) electrons. The van der Waals surface area contributed by atoms with E-state index in [4.69, 9.17) is 0 Å². The summed E-state index contributed by atoms with van der Waals surface area (Å²) in [6, 6.07) is 23.9. The number of para-hydroxylation sites is 2. The van der Waals surface area contributed by atoms with Crippen molar-refractivity contribution in [2.75, 3.05) is 10.7 Å². The summed E-state index contributed by atoms with van der Waals surface area (Å²) in [6.45, 7) is 0. The van der Waals surface area contributed by atoms with Gasteiger partial charge >= 0.3 is 0 Å². The first-order valence-electron chi connectivity index (χ1n) is 10.0. The molecule has 0 saturated carbocycles. The number of nitrogens with zero attached hydrogens (tertiary/aromatic N) is 5. The molecule has 0 spiro atoms. The molecule has 4 aromatic rings. The van der Waals surface area contributed by atoms with Crippen LogP contribution in [0.15, 0.2) is 98.3 Å². The monoisotopic (exact) mass is 517 g/mol. The minimum absolute atomic E-state index is 0.0595. The average molecular weight is 518 g/mol. The normalized spacial score (nSPS) is 15.2. The number of thioether (sulfide) groups is 1. The predicted octanol–water partition coefficient (Wildman–Crippen LogP) is 4.62. The third-order valence-electron chi connectivity index (χ3n) is 4.98. The number of carbonyl (C=O) groups excluding carboxylic acids is 1. The van der Waals surface area contributed by atoms with Crippen LogP contribution in [0.1, 0.15) is 5.82 Å². The number of rotatable bonds is 4. The molecule has 0 aliphatic carbocycles. The Morgan fingerprint density at radius 2 is 1.64 bits per heavy atom. The van der Waals surface area contributed by atoms with E-state index in [1.165, 1.54) is 27.4 Å². The minimum atomic E-state index is -0.201. The topological polar surface area (TPSA) is 79.9 Å². The van der Waals surface area contributed by atoms with Gasteiger partial charge in [0.15, 0.2) is 11.0 Å². The van der Waals surface area contributed by atoms with Crippen LogP contribution in [0.3, 0.4) is 0 Å². The number of anilines is 1. The van der Waals surface area contributed by atoms with Crippen molar-refractivity contribution in [3.05, 3.63) is 99.5 Å². The highest BCUT2D eigenvalue weighted by Gasteiger charge is 2.29. The molecule has 33 heavy (non-hydrogen) atoms. The zero-order valence-electron chi connectivity index (χ0n) is 17.1. The van der Waals surface area contributed by atoms with Crippen molar-refractivity contribution in [2.45, 2.75) is 0 Å². The molecule has 0 atom stereocenters. The van der Waals surface area contributed by atoms with E-state index in [9.17, 15) is 9.59 Å². The van der Waals surface area contributed by atoms with Crippen LogP contribution in [0.4, 0.5) is 5.69 Å². The van der Waals surface area contributed by atoms with Crippen molar-refractivity contribution in [3.8, 4) is 5.69 Å². The van der Waals surface area contributed by atoms with Gasteiger partial charge in [0.05, 0.1) is 34.2 Å². The van der Waals surface area contributed by atoms with Crippen LogP contribution < -0.4 is 10.5 Å². The van der Waals surface area contributed by atoms with Gasteiger partial charge < -0.3 is 0 Å². The van der Waals surface area contributed by atoms with Crippen LogP contribution in [0.25, 0.3) is 16.6 Å². The maximum absolute atomic E-state index is 13.3. The lowest BCUT2D eigenvalue weighted by atomic mass is 10.2. The smallest absolute Gasteiger partial charge is 0.266 e. The van der Waals surface area contributed by atoms with E-state index in [2.05, 4.69) is 31.1 Å². The van der Waals surface area contributed by atoms with Crippen molar-refractivity contribution < 1.29 is 4.79 Å². The van der Waals surface area contributed by atoms with Gasteiger partial charge in [0.25, 0.3) is 5.56 Å². The Morgan fingerprint density at radius 3 is 2.42 bits per heavy atom. The molecule has 5 rings (SSSR count). The van der Waals surface area contributed by atoms with Crippen molar-refractivity contribution >= 4 is 61.6 Å². The Bertz CT molecular complexity index is 1470. The van der Waals surface area contributed by atoms with Gasteiger partial charge in [-0.3, -0.25) is 19.1 Å². The fourth-order valence-corrected chi connectivity index (χ4v) is 4.56. The summed E-state index contributed by atoms with van der Waals surface area (Å²) in [6.07, 6.45) is 1.44. The molecule has 9 heteroatoms. The number of hydrogen-bond acceptors (Lipinski definition) is 6. The number of hydrogen-bond donors (Lipinski definition) is 0. The van der Waals surface area contributed by atoms with E-state index >= 15 is 0 Å². The van der Waals surface area contributed by atoms with Gasteiger partial charge in [0.1, 0.15) is 0 Å². The standard InChI is InChI=1S/C24H16BrN5O2S/c25-16-10-12-18(13-11-16)29-21(27-20-9-5-4-8-19(20)23(29)32)14-26-28-24-30(22(31)15-33-24)17-6-2-1-3-7-17/h1-14H,15H2/b26-14+,28-24+. The van der Waals surface area contributed by atoms with E-state index in [0.717, 1.165) is 10.2 Å². The van der Waals surface area contributed by atoms with Crippen molar-refractivity contribution in [3.63, 3.8) is 0 Å². The highest BCUT2D eigenvalue weighted by Crippen LogP contribution is 2.26. The van der Waals surface area contributed by atoms with E-state index in [1.807, 2.05) is 66.7 Å². The first kappa shape index (κ1) is 21.3. The van der Waals surface area contributed by atoms with Gasteiger partial charge in [-0.15, -0.1) is 5.10 Å². The van der Waals surface area contributed by atoms with Crippen molar-refractivity contribution in [2.24, 2.45) is 10.2 Å². The molecule has 0 N–H and O–H groups in total. The van der Waals surface area contributed by atoms with E-state index in [0.29, 0.717) is 33.3 Å². The quantitative estimate of drug-likeness (QED) is 0.292. The third kappa shape index (κ3) is 4.24. The van der Waals surface area contributed by atoms with Gasteiger partial charge in [-0.05, 0) is 48.5 Å². The molecule has 2 heterocycles. The molecule has 1 aliphatic rings. The lowest BCUT2D eigenvalue weighted by molar-refractivity contribution is -0.115. The number of amidine groups is 1. The summed E-state index contributed by atoms with van der Waals surface area (Å²) in [5, 5.41) is 9.46. The zero-order chi connectivity index (χ0) is 22.8. The average Bonchev–Trinajstić information content (AvgIpc) is 3.21. The van der Waals surface area contributed by atoms with Crippen LogP contribution in [0, 0.1) is 0 Å². The SMILES string of the molecule is O=C1CS/C(=N/N=C/c2nc3ccccc3c(=O)n2-c2ccc(Br)cc2)N1c1ccccc1. The largest absolute Gasteiger partial charge is 0.273 e. The second-order valence-electron chi connectivity index (χ2n) is 7.08. The number of fused-ring (bicyclic) bond motifs is 1. The molecule has 1 aromatic heterocycles. The van der Waals surface area contributed by atoms with Gasteiger partial charge in [-0.2, -0.15) is 5.10 Å². The molecule has 1 amide bonds. The molecular weight excluding hydrogens is 502 g/mol. The Morgan fingerprint density at radius 1 is 0.909 bits per heavy atom. The predicted molar refractivity (Wildman–Crippen MR) is 136 cm³/mol. The number of benzene rings is 3. The summed E-state index contributed by atoms with van der Waals surface area (Å²) in [4.78, 5) is 31.9. The van der Waals surface area contributed by atoms with Crippen molar-refractivity contribution in [1.29, 1.82) is 0 Å². The lowest BCUT2D eigenvalue weighted by Gasteiger charge is -2.14. The van der Waals surface area contributed by atoms with Gasteiger partial charge in [-0.1, -0.05) is 58.0 Å². The fourth-order valence-electron chi connectivity index (χ4n) is 3.47. The second-order valence-corrected chi connectivity index (χ2v) is 8.94. The maximum Gasteiger partial charge on any atom is 0.266 e.